The smallest absolute Gasteiger partial charge is 0.248 e. The average molecular weight is 635 g/mol. The van der Waals surface area contributed by atoms with E-state index in [0.717, 1.165) is 12.0 Å². The number of rotatable bonds is 7. The lowest BCUT2D eigenvalue weighted by Gasteiger charge is -2.27. The zero-order chi connectivity index (χ0) is 29.9. The molecule has 12 heteroatoms. The summed E-state index contributed by atoms with van der Waals surface area (Å²) < 4.78 is 16.5. The number of halogens is 2. The third-order valence-electron chi connectivity index (χ3n) is 8.33. The highest BCUT2D eigenvalue weighted by Crippen LogP contribution is 2.59. The lowest BCUT2D eigenvalue weighted by Crippen LogP contribution is -2.47. The summed E-state index contributed by atoms with van der Waals surface area (Å²) in [6, 6.07) is 6.28. The first kappa shape index (κ1) is 28.1. The van der Waals surface area contributed by atoms with Crippen LogP contribution in [0.4, 0.5) is 10.2 Å². The first-order chi connectivity index (χ1) is 20.0. The molecule has 216 valence electrons. The summed E-state index contributed by atoms with van der Waals surface area (Å²) in [5.74, 6) is 0.0951. The second kappa shape index (κ2) is 10.3. The number of fused-ring (bicyclic) bond motifs is 2. The van der Waals surface area contributed by atoms with Gasteiger partial charge in [-0.05, 0) is 77.4 Å². The molecule has 3 atom stereocenters. The van der Waals surface area contributed by atoms with E-state index in [9.17, 15) is 18.8 Å². The lowest BCUT2D eigenvalue weighted by molar-refractivity contribution is -0.138. The first-order valence-corrected chi connectivity index (χ1v) is 14.4. The number of likely N-dealkylation sites (tertiary alicyclic amines) is 1. The van der Waals surface area contributed by atoms with Crippen molar-refractivity contribution in [1.29, 1.82) is 0 Å². The highest BCUT2D eigenvalue weighted by atomic mass is 79.9. The van der Waals surface area contributed by atoms with Crippen molar-refractivity contribution in [1.82, 2.24) is 29.6 Å². The predicted molar refractivity (Wildman–Crippen MR) is 157 cm³/mol. The molecule has 1 aliphatic heterocycles. The van der Waals surface area contributed by atoms with Crippen LogP contribution in [0.15, 0.2) is 41.3 Å². The van der Waals surface area contributed by atoms with Gasteiger partial charge in [-0.2, -0.15) is 5.10 Å². The Bertz CT molecular complexity index is 1770. The second-order valence-electron chi connectivity index (χ2n) is 11.4. The summed E-state index contributed by atoms with van der Waals surface area (Å²) in [6.07, 6.45) is 4.61. The Morgan fingerprint density at radius 3 is 2.55 bits per heavy atom. The molecule has 1 aromatic carbocycles. The molecule has 1 saturated heterocycles. The zero-order valence-electron chi connectivity index (χ0n) is 23.6. The third kappa shape index (κ3) is 4.87. The molecule has 0 unspecified atom stereocenters. The van der Waals surface area contributed by atoms with Gasteiger partial charge in [0, 0.05) is 41.9 Å². The molecule has 1 aliphatic carbocycles. The number of ketones is 1. The minimum absolute atomic E-state index is 0.0831. The number of benzene rings is 1. The van der Waals surface area contributed by atoms with Crippen LogP contribution in [0.2, 0.25) is 0 Å². The molecule has 1 saturated carbocycles. The fraction of sp³-hybridized carbons (Fsp3) is 0.367. The average Bonchev–Trinajstić information content (AvgIpc) is 3.31. The number of piperidine rings is 1. The van der Waals surface area contributed by atoms with Crippen LogP contribution in [0.5, 0.6) is 0 Å². The summed E-state index contributed by atoms with van der Waals surface area (Å²) >= 11 is 3.34. The van der Waals surface area contributed by atoms with Crippen LogP contribution in [0.25, 0.3) is 22.0 Å². The van der Waals surface area contributed by atoms with Gasteiger partial charge in [0.25, 0.3) is 0 Å². The van der Waals surface area contributed by atoms with Crippen molar-refractivity contribution >= 4 is 50.2 Å². The number of amides is 2. The number of nitrogens with zero attached hydrogens (tertiary/aromatic N) is 6. The minimum Gasteiger partial charge on any atom is -0.325 e. The van der Waals surface area contributed by atoms with Crippen molar-refractivity contribution in [3.05, 3.63) is 63.9 Å². The van der Waals surface area contributed by atoms with Gasteiger partial charge < -0.3 is 10.2 Å². The van der Waals surface area contributed by atoms with Crippen molar-refractivity contribution in [2.75, 3.05) is 5.32 Å². The summed E-state index contributed by atoms with van der Waals surface area (Å²) in [6.45, 7) is 6.01. The monoisotopic (exact) mass is 633 g/mol. The Hall–Kier alpha value is -4.06. The van der Waals surface area contributed by atoms with Crippen LogP contribution in [0.1, 0.15) is 54.1 Å². The highest BCUT2D eigenvalue weighted by Gasteiger charge is 2.64. The molecule has 0 radical (unpaired) electrons. The molecule has 3 aromatic heterocycles. The van der Waals surface area contributed by atoms with E-state index < -0.39 is 12.7 Å². The number of pyridine rings is 1. The second-order valence-corrected chi connectivity index (χ2v) is 12.2. The molecule has 1 N–H and O–H groups in total. The number of carbonyl (C=O) groups excluding carboxylic acids is 3. The van der Waals surface area contributed by atoms with Crippen LogP contribution in [-0.2, 0) is 22.8 Å². The highest BCUT2D eigenvalue weighted by molar-refractivity contribution is 9.10. The topological polar surface area (TPSA) is 123 Å². The normalized spacial score (nSPS) is 21.0. The zero-order valence-corrected chi connectivity index (χ0v) is 25.2. The van der Waals surface area contributed by atoms with Crippen molar-refractivity contribution in [3.8, 4) is 11.1 Å². The number of Topliss-reactive ketones (excluding diaryl/α,β-unsaturated/α-hetero) is 1. The number of aromatic nitrogens is 5. The molecule has 4 aromatic rings. The van der Waals surface area contributed by atoms with E-state index in [1.54, 1.807) is 42.4 Å². The largest absolute Gasteiger partial charge is 0.325 e. The van der Waals surface area contributed by atoms with E-state index in [2.05, 4.69) is 48.2 Å². The van der Waals surface area contributed by atoms with Crippen molar-refractivity contribution in [3.63, 3.8) is 0 Å². The van der Waals surface area contributed by atoms with E-state index in [-0.39, 0.29) is 41.3 Å². The Balaban J connectivity index is 1.34. The van der Waals surface area contributed by atoms with Crippen LogP contribution in [0, 0.1) is 19.3 Å². The molecule has 2 fully saturated rings. The van der Waals surface area contributed by atoms with E-state index in [1.807, 2.05) is 13.0 Å². The summed E-state index contributed by atoms with van der Waals surface area (Å²) in [5, 5.41) is 7.82. The van der Waals surface area contributed by atoms with Gasteiger partial charge in [0.15, 0.2) is 5.78 Å². The number of nitrogens with one attached hydrogen (secondary N) is 1. The summed E-state index contributed by atoms with van der Waals surface area (Å²) in [4.78, 5) is 54.4. The molecular weight excluding hydrogens is 605 g/mol. The van der Waals surface area contributed by atoms with Crippen LogP contribution < -0.4 is 5.32 Å². The summed E-state index contributed by atoms with van der Waals surface area (Å²) in [7, 11) is 0. The van der Waals surface area contributed by atoms with Gasteiger partial charge in [-0.25, -0.2) is 19.3 Å². The maximum Gasteiger partial charge on any atom is 0.248 e. The molecule has 6 rings (SSSR count). The molecule has 42 heavy (non-hydrogen) atoms. The van der Waals surface area contributed by atoms with E-state index in [1.165, 1.54) is 11.6 Å². The molecule has 4 heterocycles. The van der Waals surface area contributed by atoms with Crippen LogP contribution in [0.3, 0.4) is 0 Å². The first-order valence-electron chi connectivity index (χ1n) is 13.6. The maximum atomic E-state index is 14.5. The van der Waals surface area contributed by atoms with E-state index >= 15 is 0 Å². The van der Waals surface area contributed by atoms with Gasteiger partial charge in [-0.15, -0.1) is 0 Å². The van der Waals surface area contributed by atoms with Crippen molar-refractivity contribution < 1.29 is 18.8 Å². The van der Waals surface area contributed by atoms with Gasteiger partial charge in [-0.1, -0.05) is 13.0 Å². The number of hydrogen-bond acceptors (Lipinski definition) is 7. The van der Waals surface area contributed by atoms with Gasteiger partial charge in [0.1, 0.15) is 41.2 Å². The Kier molecular flexibility index (Phi) is 6.91. The lowest BCUT2D eigenvalue weighted by atomic mass is 10.0. The fourth-order valence-corrected chi connectivity index (χ4v) is 6.30. The predicted octanol–water partition coefficient (Wildman–Crippen LogP) is 4.96. The van der Waals surface area contributed by atoms with Crippen molar-refractivity contribution in [2.45, 2.75) is 65.8 Å². The quantitative estimate of drug-likeness (QED) is 0.225. The fourth-order valence-electron chi connectivity index (χ4n) is 5.99. The van der Waals surface area contributed by atoms with Gasteiger partial charge in [0.05, 0.1) is 5.52 Å². The molecular formula is C30H29BrFN7O3. The Morgan fingerprint density at radius 1 is 1.12 bits per heavy atom. The number of alkyl halides is 1. The van der Waals surface area contributed by atoms with Gasteiger partial charge in [-0.3, -0.25) is 19.1 Å². The number of anilines is 1. The molecule has 2 amide bonds. The number of aryl methyl sites for hydroxylation is 2. The standard InChI is InChI=1S/C30H29BrFN7O3/c1-15-5-6-24(31)35-28(15)36-29(42)22-9-30(4)10-23(30)39(22)25(41)14-38-27-19(11-32)7-18(20-12-33-17(3)34-13-20)8-21(27)26(37-38)16(2)40/h5-8,12-13,22-23H,9-11,14H2,1-4H3,(H,35,36,42)/t22-,23+,30-/m0/s1. The van der Waals surface area contributed by atoms with E-state index in [4.69, 9.17) is 0 Å². The Morgan fingerprint density at radius 2 is 1.86 bits per heavy atom. The number of hydrogen-bond donors (Lipinski definition) is 1. The van der Waals surface area contributed by atoms with E-state index in [0.29, 0.717) is 50.3 Å². The molecule has 0 spiro atoms. The Labute approximate surface area is 249 Å². The third-order valence-corrected chi connectivity index (χ3v) is 8.77. The summed E-state index contributed by atoms with van der Waals surface area (Å²) in [5.41, 5.74) is 2.78. The van der Waals surface area contributed by atoms with Gasteiger partial charge in [0.2, 0.25) is 11.8 Å². The number of carbonyl (C=O) groups is 3. The van der Waals surface area contributed by atoms with Crippen LogP contribution in [-0.4, -0.2) is 59.3 Å². The molecule has 10 nitrogen and oxygen atoms in total. The molecule has 2 aliphatic rings. The minimum atomic E-state index is -0.831. The molecule has 0 bridgehead atoms. The van der Waals surface area contributed by atoms with Gasteiger partial charge >= 0.3 is 0 Å². The van der Waals surface area contributed by atoms with Crippen LogP contribution >= 0.6 is 15.9 Å². The maximum absolute atomic E-state index is 14.5. The van der Waals surface area contributed by atoms with Crippen molar-refractivity contribution in [2.24, 2.45) is 5.41 Å². The SMILES string of the molecule is CC(=O)c1nn(CC(=O)N2[C@H](C(=O)Nc3nc(Br)ccc3C)C[C@@]3(C)C[C@@H]23)c2c(CF)cc(-c3cnc(C)nc3)cc12.